The average Bonchev–Trinajstić information content (AvgIpc) is 3.00. The van der Waals surface area contributed by atoms with Gasteiger partial charge in [-0.25, -0.2) is 4.79 Å². The van der Waals surface area contributed by atoms with Crippen molar-refractivity contribution in [2.75, 3.05) is 5.32 Å². The van der Waals surface area contributed by atoms with Gasteiger partial charge in [-0.1, -0.05) is 18.2 Å². The van der Waals surface area contributed by atoms with Gasteiger partial charge in [0.15, 0.2) is 4.77 Å². The number of carbonyl (C=O) groups is 2. The minimum Gasteiger partial charge on any atom is -0.423 e. The van der Waals surface area contributed by atoms with E-state index < -0.39 is 23.0 Å². The first-order chi connectivity index (χ1) is 10.9. The van der Waals surface area contributed by atoms with Crippen LogP contribution in [0.3, 0.4) is 0 Å². The van der Waals surface area contributed by atoms with E-state index in [1.54, 1.807) is 31.3 Å². The predicted octanol–water partition coefficient (Wildman–Crippen LogP) is 1.08. The maximum atomic E-state index is 13.0. The highest BCUT2D eigenvalue weighted by atomic mass is 32.1. The van der Waals surface area contributed by atoms with Crippen LogP contribution in [0.5, 0.6) is 0 Å². The van der Waals surface area contributed by atoms with Crippen molar-refractivity contribution in [2.24, 2.45) is 14.1 Å². The number of ketones is 1. The summed E-state index contributed by atoms with van der Waals surface area (Å²) < 4.78 is 8.36. The van der Waals surface area contributed by atoms with Crippen LogP contribution in [0, 0.1) is 4.77 Å². The van der Waals surface area contributed by atoms with Gasteiger partial charge in [-0.05, 0) is 18.3 Å². The first kappa shape index (κ1) is 13.9. The number of nitrogens with zero attached hydrogens (tertiary/aromatic N) is 2. The summed E-state index contributed by atoms with van der Waals surface area (Å²) in [5.74, 6) is -0.933. The van der Waals surface area contributed by atoms with E-state index in [0.29, 0.717) is 11.1 Å². The number of carbonyl (C=O) groups excluding carboxylic acids is 2. The van der Waals surface area contributed by atoms with Gasteiger partial charge in [0.25, 0.3) is 11.3 Å². The quantitative estimate of drug-likeness (QED) is 0.575. The number of rotatable bonds is 0. The third-order valence-corrected chi connectivity index (χ3v) is 4.83. The van der Waals surface area contributed by atoms with Gasteiger partial charge in [-0.2, -0.15) is 0 Å². The average molecular weight is 329 g/mol. The molecular formula is C15H11N3O4S. The predicted molar refractivity (Wildman–Crippen MR) is 83.0 cm³/mol. The van der Waals surface area contributed by atoms with E-state index in [2.05, 4.69) is 5.32 Å². The Kier molecular flexibility index (Phi) is 2.52. The summed E-state index contributed by atoms with van der Waals surface area (Å²) in [5, 5.41) is 2.91. The summed E-state index contributed by atoms with van der Waals surface area (Å²) in [4.78, 5) is 37.5. The maximum Gasteiger partial charge on any atom is 0.341 e. The number of aromatic nitrogens is 2. The fourth-order valence-corrected chi connectivity index (χ4v) is 3.25. The van der Waals surface area contributed by atoms with E-state index in [1.165, 1.54) is 16.2 Å². The van der Waals surface area contributed by atoms with Crippen molar-refractivity contribution in [3.63, 3.8) is 0 Å². The lowest BCUT2D eigenvalue weighted by Gasteiger charge is -2.22. The molecule has 1 spiro atoms. The van der Waals surface area contributed by atoms with Crippen LogP contribution in [0.15, 0.2) is 29.1 Å². The van der Waals surface area contributed by atoms with Crippen molar-refractivity contribution < 1.29 is 14.3 Å². The fourth-order valence-electron chi connectivity index (χ4n) is 3.07. The van der Waals surface area contributed by atoms with Crippen LogP contribution in [-0.2, 0) is 24.6 Å². The van der Waals surface area contributed by atoms with Crippen LogP contribution in [0.2, 0.25) is 0 Å². The fraction of sp³-hybridized carbons (Fsp3) is 0.200. The van der Waals surface area contributed by atoms with Gasteiger partial charge in [-0.15, -0.1) is 0 Å². The van der Waals surface area contributed by atoms with E-state index in [1.807, 2.05) is 0 Å². The molecule has 1 aromatic heterocycles. The summed E-state index contributed by atoms with van der Waals surface area (Å²) in [6.45, 7) is 0. The lowest BCUT2D eigenvalue weighted by Crippen LogP contribution is -2.39. The number of fused-ring (bicyclic) bond motifs is 3. The molecule has 2 aliphatic rings. The van der Waals surface area contributed by atoms with Gasteiger partial charge >= 0.3 is 5.97 Å². The zero-order chi connectivity index (χ0) is 16.5. The molecular weight excluding hydrogens is 318 g/mol. The monoisotopic (exact) mass is 329 g/mol. The Bertz CT molecular complexity index is 1040. The van der Waals surface area contributed by atoms with E-state index in [0.717, 1.165) is 0 Å². The maximum absolute atomic E-state index is 13.0. The summed E-state index contributed by atoms with van der Waals surface area (Å²) >= 11 is 5.19. The van der Waals surface area contributed by atoms with E-state index in [9.17, 15) is 14.4 Å². The molecule has 0 saturated heterocycles. The number of Topliss-reactive ketones (excluding diaryl/α,β-unsaturated/α-hetero) is 1. The van der Waals surface area contributed by atoms with Crippen molar-refractivity contribution >= 4 is 29.8 Å². The summed E-state index contributed by atoms with van der Waals surface area (Å²) in [7, 11) is 3.14. The van der Waals surface area contributed by atoms with Gasteiger partial charge in [0.1, 0.15) is 11.4 Å². The number of esters is 1. The Balaban J connectivity index is 2.05. The Morgan fingerprint density at radius 1 is 1.13 bits per heavy atom. The zero-order valence-corrected chi connectivity index (χ0v) is 13.1. The summed E-state index contributed by atoms with van der Waals surface area (Å²) in [6.07, 6.45) is 0. The molecule has 3 heterocycles. The first-order valence-corrected chi connectivity index (χ1v) is 7.25. The molecule has 1 unspecified atom stereocenters. The molecule has 0 fully saturated rings. The largest absolute Gasteiger partial charge is 0.423 e. The molecule has 7 nitrogen and oxygen atoms in total. The van der Waals surface area contributed by atoms with Crippen molar-refractivity contribution in [3.05, 3.63) is 56.1 Å². The molecule has 23 heavy (non-hydrogen) atoms. The topological polar surface area (TPSA) is 82.3 Å². The molecule has 116 valence electrons. The smallest absolute Gasteiger partial charge is 0.341 e. The Morgan fingerprint density at radius 3 is 2.57 bits per heavy atom. The Morgan fingerprint density at radius 2 is 1.83 bits per heavy atom. The van der Waals surface area contributed by atoms with E-state index in [-0.39, 0.29) is 16.2 Å². The van der Waals surface area contributed by atoms with Crippen LogP contribution in [0.1, 0.15) is 26.3 Å². The van der Waals surface area contributed by atoms with Crippen LogP contribution in [0.4, 0.5) is 5.82 Å². The minimum absolute atomic E-state index is 0.0619. The van der Waals surface area contributed by atoms with Crippen molar-refractivity contribution in [2.45, 2.75) is 5.72 Å². The van der Waals surface area contributed by atoms with Crippen molar-refractivity contribution in [3.8, 4) is 0 Å². The number of nitrogens with one attached hydrogen (secondary N) is 1. The van der Waals surface area contributed by atoms with Gasteiger partial charge in [0, 0.05) is 19.7 Å². The molecule has 0 amide bonds. The third kappa shape index (κ3) is 1.48. The summed E-state index contributed by atoms with van der Waals surface area (Å²) in [5.41, 5.74) is -1.56. The van der Waals surface area contributed by atoms with Crippen molar-refractivity contribution in [1.82, 2.24) is 9.13 Å². The lowest BCUT2D eigenvalue weighted by molar-refractivity contribution is 0.0109. The third-order valence-electron chi connectivity index (χ3n) is 4.28. The second-order valence-corrected chi connectivity index (χ2v) is 5.86. The molecule has 0 radical (unpaired) electrons. The Hall–Kier alpha value is -2.74. The van der Waals surface area contributed by atoms with E-state index in [4.69, 9.17) is 17.0 Å². The molecule has 2 aliphatic heterocycles. The van der Waals surface area contributed by atoms with E-state index >= 15 is 0 Å². The molecule has 4 rings (SSSR count). The van der Waals surface area contributed by atoms with Crippen LogP contribution >= 0.6 is 12.2 Å². The standard InChI is InChI=1S/C15H11N3O4S/c1-17-11-9(12(20)18(2)14(17)23)10(19)15(16-11)8-6-4-3-5-7(8)13(21)22-15/h3-6,16H,1-2H3. The summed E-state index contributed by atoms with van der Waals surface area (Å²) in [6, 6.07) is 6.61. The van der Waals surface area contributed by atoms with Crippen LogP contribution < -0.4 is 10.9 Å². The molecule has 0 aliphatic carbocycles. The van der Waals surface area contributed by atoms with Crippen LogP contribution in [0.25, 0.3) is 0 Å². The number of anilines is 1. The van der Waals surface area contributed by atoms with Gasteiger partial charge < -0.3 is 14.6 Å². The number of ether oxygens (including phenoxy) is 1. The normalized spacial score (nSPS) is 21.1. The van der Waals surface area contributed by atoms with Gasteiger partial charge in [0.05, 0.1) is 5.56 Å². The molecule has 0 saturated carbocycles. The molecule has 1 aromatic carbocycles. The molecule has 1 atom stereocenters. The molecule has 0 bridgehead atoms. The Labute approximate surface area is 135 Å². The SMILES string of the molecule is Cn1c2c(c(=O)n(C)c1=S)C(=O)C1(N2)OC(=O)c2ccccc21. The van der Waals surface area contributed by atoms with Crippen LogP contribution in [-0.4, -0.2) is 20.9 Å². The second-order valence-electron chi connectivity index (χ2n) is 5.50. The molecule has 1 N–H and O–H groups in total. The number of hydrogen-bond donors (Lipinski definition) is 1. The molecule has 8 heteroatoms. The lowest BCUT2D eigenvalue weighted by atomic mass is 9.96. The zero-order valence-electron chi connectivity index (χ0n) is 12.2. The number of benzene rings is 1. The highest BCUT2D eigenvalue weighted by molar-refractivity contribution is 7.71. The molecule has 2 aromatic rings. The first-order valence-electron chi connectivity index (χ1n) is 6.84. The second kappa shape index (κ2) is 4.17. The van der Waals surface area contributed by atoms with Crippen molar-refractivity contribution in [1.29, 1.82) is 0 Å². The highest BCUT2D eigenvalue weighted by Crippen LogP contribution is 2.44. The highest BCUT2D eigenvalue weighted by Gasteiger charge is 2.58. The van der Waals surface area contributed by atoms with Gasteiger partial charge in [0.2, 0.25) is 5.78 Å². The minimum atomic E-state index is -1.69. The number of hydrogen-bond acceptors (Lipinski definition) is 6. The van der Waals surface area contributed by atoms with Gasteiger partial charge in [-0.3, -0.25) is 14.2 Å².